The van der Waals surface area contributed by atoms with Gasteiger partial charge in [0.15, 0.2) is 6.61 Å². The molecule has 7 heteroatoms. The molecule has 1 amide bonds. The summed E-state index contributed by atoms with van der Waals surface area (Å²) in [7, 11) is 1.57. The molecule has 2 aromatic carbocycles. The highest BCUT2D eigenvalue weighted by Gasteiger charge is 2.13. The number of methoxy groups -OCH3 is 1. The zero-order valence-corrected chi connectivity index (χ0v) is 13.0. The predicted octanol–water partition coefficient (Wildman–Crippen LogP) is 1.89. The molecule has 0 bridgehead atoms. The van der Waals surface area contributed by atoms with E-state index in [-0.39, 0.29) is 11.3 Å². The maximum absolute atomic E-state index is 12.9. The van der Waals surface area contributed by atoms with E-state index >= 15 is 0 Å². The predicted molar refractivity (Wildman–Crippen MR) is 85.9 cm³/mol. The highest BCUT2D eigenvalue weighted by atomic mass is 19.1. The van der Waals surface area contributed by atoms with Crippen molar-refractivity contribution in [1.82, 2.24) is 5.32 Å². The van der Waals surface area contributed by atoms with Crippen LogP contribution in [0.4, 0.5) is 10.1 Å². The Morgan fingerprint density at radius 1 is 1.17 bits per heavy atom. The van der Waals surface area contributed by atoms with E-state index in [0.717, 1.165) is 23.4 Å². The standard InChI is InChI=1S/C17H17FN2O4/c1-23-13-5-2-11(3-6-13)9-20-16(21)10-24-17(22)14-7-4-12(18)8-15(14)19/h2-8H,9-10,19H2,1H3,(H,20,21). The molecule has 0 spiro atoms. The SMILES string of the molecule is COc1ccc(CNC(=O)COC(=O)c2ccc(F)cc2N)cc1. The Morgan fingerprint density at radius 3 is 2.50 bits per heavy atom. The molecule has 3 N–H and O–H groups in total. The van der Waals surface area contributed by atoms with Crippen molar-refractivity contribution in [3.8, 4) is 5.75 Å². The number of nitrogens with two attached hydrogens (primary N) is 1. The van der Waals surface area contributed by atoms with Gasteiger partial charge >= 0.3 is 5.97 Å². The van der Waals surface area contributed by atoms with E-state index in [1.807, 2.05) is 12.1 Å². The van der Waals surface area contributed by atoms with Gasteiger partial charge in [-0.25, -0.2) is 9.18 Å². The van der Waals surface area contributed by atoms with Gasteiger partial charge in [0.05, 0.1) is 12.7 Å². The van der Waals surface area contributed by atoms with Gasteiger partial charge in [0, 0.05) is 12.2 Å². The van der Waals surface area contributed by atoms with E-state index in [9.17, 15) is 14.0 Å². The first kappa shape index (κ1) is 17.3. The maximum atomic E-state index is 12.9. The second-order valence-electron chi connectivity index (χ2n) is 4.93. The van der Waals surface area contributed by atoms with Gasteiger partial charge in [-0.3, -0.25) is 4.79 Å². The minimum atomic E-state index is -0.785. The third kappa shape index (κ3) is 4.70. The normalized spacial score (nSPS) is 10.1. The van der Waals surface area contributed by atoms with Crippen LogP contribution in [-0.2, 0) is 16.1 Å². The molecule has 2 rings (SSSR count). The second kappa shape index (κ2) is 7.96. The number of amides is 1. The van der Waals surface area contributed by atoms with Crippen LogP contribution < -0.4 is 15.8 Å². The van der Waals surface area contributed by atoms with Crippen LogP contribution in [0.3, 0.4) is 0 Å². The Morgan fingerprint density at radius 2 is 1.88 bits per heavy atom. The minimum absolute atomic E-state index is 0.0133. The van der Waals surface area contributed by atoms with Crippen molar-refractivity contribution in [2.45, 2.75) is 6.54 Å². The maximum Gasteiger partial charge on any atom is 0.340 e. The lowest BCUT2D eigenvalue weighted by molar-refractivity contribution is -0.124. The van der Waals surface area contributed by atoms with Gasteiger partial charge < -0.3 is 20.5 Å². The van der Waals surface area contributed by atoms with Crippen molar-refractivity contribution < 1.29 is 23.5 Å². The van der Waals surface area contributed by atoms with Crippen LogP contribution in [0.15, 0.2) is 42.5 Å². The molecule has 0 aromatic heterocycles. The molecule has 0 radical (unpaired) electrons. The molecular formula is C17H17FN2O4. The summed E-state index contributed by atoms with van der Waals surface area (Å²) in [5.74, 6) is -1.08. The third-order valence-electron chi connectivity index (χ3n) is 3.22. The summed E-state index contributed by atoms with van der Waals surface area (Å²) >= 11 is 0. The monoisotopic (exact) mass is 332 g/mol. The van der Waals surface area contributed by atoms with Gasteiger partial charge in [-0.2, -0.15) is 0 Å². The van der Waals surface area contributed by atoms with Crippen LogP contribution in [0.2, 0.25) is 0 Å². The summed E-state index contributed by atoms with van der Waals surface area (Å²) in [5, 5.41) is 2.62. The van der Waals surface area contributed by atoms with Gasteiger partial charge in [0.2, 0.25) is 0 Å². The van der Waals surface area contributed by atoms with Gasteiger partial charge in [-0.15, -0.1) is 0 Å². The van der Waals surface area contributed by atoms with E-state index in [1.165, 1.54) is 6.07 Å². The fourth-order valence-corrected chi connectivity index (χ4v) is 1.92. The summed E-state index contributed by atoms with van der Waals surface area (Å²) in [6, 6.07) is 10.5. The fraction of sp³-hybridized carbons (Fsp3) is 0.176. The molecule has 0 atom stereocenters. The summed E-state index contributed by atoms with van der Waals surface area (Å²) in [6.07, 6.45) is 0. The highest BCUT2D eigenvalue weighted by molar-refractivity contribution is 5.96. The van der Waals surface area contributed by atoms with Crippen molar-refractivity contribution in [3.05, 3.63) is 59.4 Å². The van der Waals surface area contributed by atoms with Crippen LogP contribution >= 0.6 is 0 Å². The van der Waals surface area contributed by atoms with Crippen molar-refractivity contribution >= 4 is 17.6 Å². The number of nitrogen functional groups attached to an aromatic ring is 1. The first-order valence-corrected chi connectivity index (χ1v) is 7.11. The van der Waals surface area contributed by atoms with Crippen LogP contribution in [0, 0.1) is 5.82 Å². The first-order chi connectivity index (χ1) is 11.5. The Labute approximate surface area is 138 Å². The van der Waals surface area contributed by atoms with E-state index < -0.39 is 24.3 Å². The van der Waals surface area contributed by atoms with Crippen molar-refractivity contribution in [2.24, 2.45) is 0 Å². The van der Waals surface area contributed by atoms with Crippen molar-refractivity contribution in [2.75, 3.05) is 19.5 Å². The largest absolute Gasteiger partial charge is 0.497 e. The number of esters is 1. The number of carbonyl (C=O) groups excluding carboxylic acids is 2. The lowest BCUT2D eigenvalue weighted by Crippen LogP contribution is -2.28. The fourth-order valence-electron chi connectivity index (χ4n) is 1.92. The Balaban J connectivity index is 1.80. The van der Waals surface area contributed by atoms with E-state index in [2.05, 4.69) is 5.32 Å². The highest BCUT2D eigenvalue weighted by Crippen LogP contribution is 2.14. The third-order valence-corrected chi connectivity index (χ3v) is 3.22. The molecule has 0 aliphatic carbocycles. The van der Waals surface area contributed by atoms with Gasteiger partial charge in [-0.05, 0) is 35.9 Å². The number of halogens is 1. The molecule has 0 unspecified atom stereocenters. The van der Waals surface area contributed by atoms with E-state index in [0.29, 0.717) is 6.54 Å². The summed E-state index contributed by atoms with van der Waals surface area (Å²) in [5.41, 5.74) is 6.38. The number of hydrogen-bond acceptors (Lipinski definition) is 5. The summed E-state index contributed by atoms with van der Waals surface area (Å²) in [4.78, 5) is 23.5. The molecule has 6 nitrogen and oxygen atoms in total. The Kier molecular flexibility index (Phi) is 5.73. The molecule has 24 heavy (non-hydrogen) atoms. The molecule has 0 fully saturated rings. The Bertz CT molecular complexity index is 732. The lowest BCUT2D eigenvalue weighted by Gasteiger charge is -2.08. The van der Waals surface area contributed by atoms with Crippen LogP contribution in [-0.4, -0.2) is 25.6 Å². The zero-order chi connectivity index (χ0) is 17.5. The van der Waals surface area contributed by atoms with E-state index in [4.69, 9.17) is 15.2 Å². The average molecular weight is 332 g/mol. The summed E-state index contributed by atoms with van der Waals surface area (Å²) in [6.45, 7) is -0.162. The number of nitrogens with one attached hydrogen (secondary N) is 1. The quantitative estimate of drug-likeness (QED) is 0.623. The number of carbonyl (C=O) groups is 2. The van der Waals surface area contributed by atoms with Crippen LogP contribution in [0.5, 0.6) is 5.75 Å². The number of ether oxygens (including phenoxy) is 2. The van der Waals surface area contributed by atoms with Crippen molar-refractivity contribution in [1.29, 1.82) is 0 Å². The van der Waals surface area contributed by atoms with Gasteiger partial charge in [0.1, 0.15) is 11.6 Å². The van der Waals surface area contributed by atoms with Crippen molar-refractivity contribution in [3.63, 3.8) is 0 Å². The molecule has 126 valence electrons. The number of benzene rings is 2. The lowest BCUT2D eigenvalue weighted by atomic mass is 10.2. The minimum Gasteiger partial charge on any atom is -0.497 e. The van der Waals surface area contributed by atoms with Crippen LogP contribution in [0.1, 0.15) is 15.9 Å². The molecule has 0 saturated heterocycles. The second-order valence-corrected chi connectivity index (χ2v) is 4.93. The topological polar surface area (TPSA) is 90.6 Å². The van der Waals surface area contributed by atoms with Gasteiger partial charge in [0.25, 0.3) is 5.91 Å². The number of anilines is 1. The molecule has 0 heterocycles. The van der Waals surface area contributed by atoms with Crippen LogP contribution in [0.25, 0.3) is 0 Å². The zero-order valence-electron chi connectivity index (χ0n) is 13.0. The molecule has 2 aromatic rings. The van der Waals surface area contributed by atoms with E-state index in [1.54, 1.807) is 19.2 Å². The smallest absolute Gasteiger partial charge is 0.340 e. The molecular weight excluding hydrogens is 315 g/mol. The number of hydrogen-bond donors (Lipinski definition) is 2. The number of rotatable bonds is 6. The first-order valence-electron chi connectivity index (χ1n) is 7.11. The summed E-state index contributed by atoms with van der Waals surface area (Å²) < 4.78 is 22.8. The molecule has 0 saturated carbocycles. The van der Waals surface area contributed by atoms with Gasteiger partial charge in [-0.1, -0.05) is 12.1 Å². The molecule has 0 aliphatic heterocycles. The molecule has 0 aliphatic rings. The average Bonchev–Trinajstić information content (AvgIpc) is 2.58. The Hall–Kier alpha value is -3.09.